The van der Waals surface area contributed by atoms with E-state index in [1.54, 1.807) is 0 Å². The van der Waals surface area contributed by atoms with E-state index in [9.17, 15) is 4.79 Å². The number of hydrogen-bond donors (Lipinski definition) is 3. The predicted octanol–water partition coefficient (Wildman–Crippen LogP) is -0.567. The average Bonchev–Trinajstić information content (AvgIpc) is 2.27. The third-order valence-corrected chi connectivity index (χ3v) is 3.16. The van der Waals surface area contributed by atoms with Gasteiger partial charge in [0.15, 0.2) is 5.16 Å². The number of thioether (sulfide) groups is 1. The smallest absolute Gasteiger partial charge is 0.253 e. The van der Waals surface area contributed by atoms with Crippen LogP contribution in [0.25, 0.3) is 0 Å². The van der Waals surface area contributed by atoms with E-state index in [-0.39, 0.29) is 17.5 Å². The Morgan fingerprint density at radius 2 is 2.56 bits per heavy atom. The fraction of sp³-hybridized carbons (Fsp3) is 0.556. The Morgan fingerprint density at radius 3 is 3.25 bits per heavy atom. The molecule has 1 aliphatic heterocycles. The van der Waals surface area contributed by atoms with Crippen LogP contribution in [0, 0.1) is 0 Å². The van der Waals surface area contributed by atoms with Crippen LogP contribution >= 0.6 is 11.8 Å². The zero-order valence-corrected chi connectivity index (χ0v) is 9.55. The lowest BCUT2D eigenvalue weighted by atomic mass is 10.3. The van der Waals surface area contributed by atoms with Crippen LogP contribution in [-0.2, 0) is 4.74 Å². The van der Waals surface area contributed by atoms with Crippen LogP contribution in [0.5, 0.6) is 0 Å². The summed E-state index contributed by atoms with van der Waals surface area (Å²) < 4.78 is 5.53. The van der Waals surface area contributed by atoms with Gasteiger partial charge in [-0.2, -0.15) is 0 Å². The van der Waals surface area contributed by atoms with Gasteiger partial charge < -0.3 is 20.8 Å². The van der Waals surface area contributed by atoms with Gasteiger partial charge in [0.25, 0.3) is 5.56 Å². The summed E-state index contributed by atoms with van der Waals surface area (Å²) in [6, 6.07) is 1.27. The van der Waals surface area contributed by atoms with E-state index in [0.717, 1.165) is 25.4 Å². The molecular weight excluding hydrogens is 228 g/mol. The van der Waals surface area contributed by atoms with Crippen molar-refractivity contribution >= 4 is 17.6 Å². The van der Waals surface area contributed by atoms with Gasteiger partial charge in [0.2, 0.25) is 0 Å². The van der Waals surface area contributed by atoms with E-state index >= 15 is 0 Å². The third kappa shape index (κ3) is 3.22. The number of hydrogen-bond acceptors (Lipinski definition) is 6. The Labute approximate surface area is 97.0 Å². The Hall–Kier alpha value is -1.05. The minimum Gasteiger partial charge on any atom is -0.383 e. The summed E-state index contributed by atoms with van der Waals surface area (Å²) in [6.07, 6.45) is 0.158. The van der Waals surface area contributed by atoms with Crippen molar-refractivity contribution in [3.05, 3.63) is 16.4 Å². The van der Waals surface area contributed by atoms with E-state index in [2.05, 4.69) is 15.3 Å². The molecule has 2 heterocycles. The number of aromatic nitrogens is 2. The van der Waals surface area contributed by atoms with E-state index in [0.29, 0.717) is 5.16 Å². The molecule has 6 nitrogen and oxygen atoms in total. The molecule has 7 heteroatoms. The number of aromatic amines is 1. The summed E-state index contributed by atoms with van der Waals surface area (Å²) in [5.74, 6) is 0.994. The van der Waals surface area contributed by atoms with Gasteiger partial charge in [-0.3, -0.25) is 4.79 Å². The van der Waals surface area contributed by atoms with Crippen molar-refractivity contribution in [1.82, 2.24) is 15.3 Å². The van der Waals surface area contributed by atoms with Crippen LogP contribution in [0.3, 0.4) is 0 Å². The van der Waals surface area contributed by atoms with Crippen LogP contribution in [0.4, 0.5) is 5.82 Å². The van der Waals surface area contributed by atoms with Crippen LogP contribution in [0.1, 0.15) is 0 Å². The van der Waals surface area contributed by atoms with Gasteiger partial charge in [-0.1, -0.05) is 11.8 Å². The fourth-order valence-electron chi connectivity index (χ4n) is 1.42. The molecule has 0 aliphatic carbocycles. The van der Waals surface area contributed by atoms with Crippen molar-refractivity contribution in [1.29, 1.82) is 0 Å². The van der Waals surface area contributed by atoms with Crippen molar-refractivity contribution in [2.24, 2.45) is 0 Å². The number of morpholine rings is 1. The molecule has 4 N–H and O–H groups in total. The molecule has 0 saturated carbocycles. The number of rotatable bonds is 3. The molecule has 1 aliphatic rings. The molecule has 0 spiro atoms. The van der Waals surface area contributed by atoms with Gasteiger partial charge in [0.05, 0.1) is 12.7 Å². The topological polar surface area (TPSA) is 93.0 Å². The van der Waals surface area contributed by atoms with Gasteiger partial charge in [-0.05, 0) is 0 Å². The number of nitrogens with zero attached hydrogens (tertiary/aromatic N) is 1. The molecular formula is C9H14N4O2S. The Bertz CT molecular complexity index is 403. The molecule has 2 rings (SSSR count). The molecule has 0 radical (unpaired) electrons. The van der Waals surface area contributed by atoms with E-state index in [1.165, 1.54) is 17.8 Å². The first-order valence-corrected chi connectivity index (χ1v) is 6.04. The first kappa shape index (κ1) is 11.4. The average molecular weight is 242 g/mol. The molecule has 1 unspecified atom stereocenters. The summed E-state index contributed by atoms with van der Waals surface area (Å²) in [5.41, 5.74) is 5.26. The number of anilines is 1. The third-order valence-electron chi connectivity index (χ3n) is 2.15. The SMILES string of the molecule is Nc1cc(=O)[nH]c(SCC2CNCCO2)n1. The number of nitrogen functional groups attached to an aromatic ring is 1. The van der Waals surface area contributed by atoms with Crippen molar-refractivity contribution in [2.45, 2.75) is 11.3 Å². The van der Waals surface area contributed by atoms with Gasteiger partial charge >= 0.3 is 0 Å². The standard InChI is InChI=1S/C9H14N4O2S/c10-7-3-8(14)13-9(12-7)16-5-6-4-11-1-2-15-6/h3,6,11H,1-2,4-5H2,(H3,10,12,13,14). The number of nitrogens with two attached hydrogens (primary N) is 1. The molecule has 16 heavy (non-hydrogen) atoms. The second kappa shape index (κ2) is 5.33. The highest BCUT2D eigenvalue weighted by Crippen LogP contribution is 2.15. The van der Waals surface area contributed by atoms with Crippen molar-refractivity contribution in [3.63, 3.8) is 0 Å². The minimum absolute atomic E-state index is 0.158. The summed E-state index contributed by atoms with van der Waals surface area (Å²) in [4.78, 5) is 17.8. The van der Waals surface area contributed by atoms with Crippen molar-refractivity contribution in [2.75, 3.05) is 31.2 Å². The summed E-state index contributed by atoms with van der Waals surface area (Å²) in [5, 5.41) is 3.78. The van der Waals surface area contributed by atoms with Gasteiger partial charge in [-0.25, -0.2) is 4.98 Å². The highest BCUT2D eigenvalue weighted by Gasteiger charge is 2.14. The molecule has 0 aromatic carbocycles. The maximum atomic E-state index is 11.1. The summed E-state index contributed by atoms with van der Waals surface area (Å²) in [7, 11) is 0. The monoisotopic (exact) mass is 242 g/mol. The number of ether oxygens (including phenoxy) is 1. The van der Waals surface area contributed by atoms with Gasteiger partial charge in [0.1, 0.15) is 5.82 Å². The second-order valence-corrected chi connectivity index (χ2v) is 4.49. The van der Waals surface area contributed by atoms with Crippen molar-refractivity contribution in [3.8, 4) is 0 Å². The molecule has 1 atom stereocenters. The molecule has 1 aromatic rings. The number of H-pyrrole nitrogens is 1. The van der Waals surface area contributed by atoms with Crippen molar-refractivity contribution < 1.29 is 4.74 Å². The van der Waals surface area contributed by atoms with Crippen LogP contribution in [0.15, 0.2) is 16.0 Å². The Kier molecular flexibility index (Phi) is 3.81. The lowest BCUT2D eigenvalue weighted by Gasteiger charge is -2.22. The summed E-state index contributed by atoms with van der Waals surface area (Å²) >= 11 is 1.44. The van der Waals surface area contributed by atoms with E-state index in [1.807, 2.05) is 0 Å². The lowest BCUT2D eigenvalue weighted by molar-refractivity contribution is 0.0440. The molecule has 1 saturated heterocycles. The maximum absolute atomic E-state index is 11.1. The number of nitrogens with one attached hydrogen (secondary N) is 2. The molecule has 88 valence electrons. The zero-order valence-electron chi connectivity index (χ0n) is 8.73. The fourth-order valence-corrected chi connectivity index (χ4v) is 2.32. The summed E-state index contributed by atoms with van der Waals surface area (Å²) in [6.45, 7) is 2.46. The lowest BCUT2D eigenvalue weighted by Crippen LogP contribution is -2.39. The first-order valence-electron chi connectivity index (χ1n) is 5.06. The van der Waals surface area contributed by atoms with Gasteiger partial charge in [-0.15, -0.1) is 0 Å². The van der Waals surface area contributed by atoms with E-state index in [4.69, 9.17) is 10.5 Å². The highest BCUT2D eigenvalue weighted by molar-refractivity contribution is 7.99. The minimum atomic E-state index is -0.224. The Morgan fingerprint density at radius 1 is 1.69 bits per heavy atom. The first-order chi connectivity index (χ1) is 7.74. The predicted molar refractivity (Wildman–Crippen MR) is 62.6 cm³/mol. The normalized spacial score (nSPS) is 20.9. The Balaban J connectivity index is 1.90. The van der Waals surface area contributed by atoms with Crippen LogP contribution < -0.4 is 16.6 Å². The molecule has 1 fully saturated rings. The second-order valence-electron chi connectivity index (χ2n) is 3.48. The van der Waals surface area contributed by atoms with Crippen LogP contribution in [-0.4, -0.2) is 41.5 Å². The quantitative estimate of drug-likeness (QED) is 0.485. The maximum Gasteiger partial charge on any atom is 0.253 e. The van der Waals surface area contributed by atoms with Crippen LogP contribution in [0.2, 0.25) is 0 Å². The molecule has 0 amide bonds. The van der Waals surface area contributed by atoms with E-state index < -0.39 is 0 Å². The molecule has 1 aromatic heterocycles. The molecule has 0 bridgehead atoms. The zero-order chi connectivity index (χ0) is 11.4. The van der Waals surface area contributed by atoms with Gasteiger partial charge in [0, 0.05) is 24.9 Å². The largest absolute Gasteiger partial charge is 0.383 e. The highest BCUT2D eigenvalue weighted by atomic mass is 32.2.